The summed E-state index contributed by atoms with van der Waals surface area (Å²) in [6.45, 7) is 4.46. The molecule has 0 saturated carbocycles. The molecule has 0 aromatic carbocycles. The molecular weight excluding hydrogens is 159 g/mol. The van der Waals surface area contributed by atoms with Crippen molar-refractivity contribution in [3.63, 3.8) is 0 Å². The summed E-state index contributed by atoms with van der Waals surface area (Å²) in [6.07, 6.45) is 7.95. The molecule has 0 bridgehead atoms. The van der Waals surface area contributed by atoms with Crippen LogP contribution in [-0.4, -0.2) is 12.3 Å². The van der Waals surface area contributed by atoms with Gasteiger partial charge in [0.1, 0.15) is 0 Å². The molecule has 0 saturated heterocycles. The highest BCUT2D eigenvalue weighted by atomic mass is 32.4. The molecule has 0 aliphatic carbocycles. The highest BCUT2D eigenvalue weighted by molar-refractivity contribution is 8.05. The molecule has 0 aliphatic heterocycles. The average Bonchev–Trinajstić information content (AvgIpc) is 1.97. The minimum Gasteiger partial charge on any atom is -0.0809 e. The summed E-state index contributed by atoms with van der Waals surface area (Å²) in [6, 6.07) is 0. The minimum absolute atomic E-state index is 0.00900. The van der Waals surface area contributed by atoms with E-state index in [1.807, 2.05) is 0 Å². The molecule has 0 nitrogen and oxygen atoms in total. The maximum absolute atomic E-state index is 5.33. The lowest BCUT2D eigenvalue weighted by atomic mass is 10.4. The van der Waals surface area contributed by atoms with Crippen LogP contribution in [-0.2, 0) is 11.8 Å². The lowest BCUT2D eigenvalue weighted by Crippen LogP contribution is -1.82. The molecule has 0 unspecified atom stereocenters. The maximum atomic E-state index is 5.33. The van der Waals surface area contributed by atoms with E-state index in [-0.39, 0.29) is 6.70 Å². The molecule has 0 atom stereocenters. The molecule has 61 valence electrons. The molecule has 0 rings (SSSR count). The van der Waals surface area contributed by atoms with Crippen LogP contribution in [0.3, 0.4) is 0 Å². The molecule has 0 spiro atoms. The molecule has 10 heavy (non-hydrogen) atoms. The average molecular weight is 177 g/mol. The Kier molecular flexibility index (Phi) is 8.02. The van der Waals surface area contributed by atoms with Crippen LogP contribution in [0.2, 0.25) is 0 Å². The first-order chi connectivity index (χ1) is 4.81. The van der Waals surface area contributed by atoms with Gasteiger partial charge in [-0.3, -0.25) is 0 Å². The van der Waals surface area contributed by atoms with Gasteiger partial charge in [0.05, 0.1) is 0 Å². The van der Waals surface area contributed by atoms with Gasteiger partial charge in [-0.25, -0.2) is 0 Å². The topological polar surface area (TPSA) is 0 Å². The van der Waals surface area contributed by atoms with Crippen molar-refractivity contribution in [3.8, 4) is 0 Å². The molecule has 0 fully saturated rings. The zero-order valence-corrected chi connectivity index (χ0v) is 8.81. The largest absolute Gasteiger partial charge is 0.0809 e. The molecule has 2 heteroatoms. The van der Waals surface area contributed by atoms with Gasteiger partial charge >= 0.3 is 0 Å². The predicted octanol–water partition coefficient (Wildman–Crippen LogP) is 3.53. The Morgan fingerprint density at radius 1 is 1.00 bits per heavy atom. The summed E-state index contributed by atoms with van der Waals surface area (Å²) in [5, 5.41) is 0. The van der Waals surface area contributed by atoms with Crippen LogP contribution in [0, 0.1) is 0 Å². The Labute approximate surface area is 70.8 Å². The van der Waals surface area contributed by atoms with Crippen LogP contribution in [0.15, 0.2) is 0 Å². The van der Waals surface area contributed by atoms with Crippen molar-refractivity contribution in [2.45, 2.75) is 39.5 Å². The van der Waals surface area contributed by atoms with Crippen molar-refractivity contribution >= 4 is 18.5 Å². The van der Waals surface area contributed by atoms with Crippen LogP contribution in [0.4, 0.5) is 0 Å². The van der Waals surface area contributed by atoms with Gasteiger partial charge in [-0.15, -0.1) is 0 Å². The van der Waals surface area contributed by atoms with E-state index in [4.69, 9.17) is 11.8 Å². The maximum Gasteiger partial charge on any atom is -0.00806 e. The summed E-state index contributed by atoms with van der Waals surface area (Å²) < 4.78 is 0. The Morgan fingerprint density at radius 2 is 1.40 bits per heavy atom. The van der Waals surface area contributed by atoms with Crippen LogP contribution in [0.25, 0.3) is 0 Å². The quantitative estimate of drug-likeness (QED) is 0.559. The monoisotopic (exact) mass is 177 g/mol. The van der Waals surface area contributed by atoms with E-state index in [1.165, 1.54) is 38.0 Å². The second kappa shape index (κ2) is 7.63. The fraction of sp³-hybridized carbons (Fsp3) is 1.00. The van der Waals surface area contributed by atoms with E-state index in [1.54, 1.807) is 0 Å². The zero-order valence-electron chi connectivity index (χ0n) is 7.10. The number of hydrogen-bond donors (Lipinski definition) is 0. The molecule has 0 aromatic heterocycles. The van der Waals surface area contributed by atoms with Crippen molar-refractivity contribution in [1.82, 2.24) is 0 Å². The number of hydrogen-bond acceptors (Lipinski definition) is 1. The van der Waals surface area contributed by atoms with Gasteiger partial charge < -0.3 is 0 Å². The highest BCUT2D eigenvalue weighted by Crippen LogP contribution is 2.23. The second-order valence-corrected chi connectivity index (χ2v) is 6.04. The Hall–Kier alpha value is 0.520. The molecule has 0 aromatic rings. The Morgan fingerprint density at radius 3 is 1.70 bits per heavy atom. The summed E-state index contributed by atoms with van der Waals surface area (Å²) in [5.41, 5.74) is 0. The lowest BCUT2D eigenvalue weighted by Gasteiger charge is -2.00. The smallest absolute Gasteiger partial charge is 0.00806 e. The third kappa shape index (κ3) is 6.64. The van der Waals surface area contributed by atoms with E-state index in [0.717, 1.165) is 0 Å². The molecule has 0 aliphatic rings. The van der Waals surface area contributed by atoms with Crippen LogP contribution in [0.5, 0.6) is 0 Å². The van der Waals surface area contributed by atoms with E-state index in [9.17, 15) is 0 Å². The molecular formula is C8H18PS. The summed E-state index contributed by atoms with van der Waals surface area (Å²) in [5.74, 6) is 0. The third-order valence-electron chi connectivity index (χ3n) is 1.52. The molecule has 0 amide bonds. The van der Waals surface area contributed by atoms with Crippen molar-refractivity contribution < 1.29 is 0 Å². The Balaban J connectivity index is 3.09. The summed E-state index contributed by atoms with van der Waals surface area (Å²) >= 11 is 5.33. The van der Waals surface area contributed by atoms with E-state index >= 15 is 0 Å². The van der Waals surface area contributed by atoms with Gasteiger partial charge in [-0.2, -0.15) is 0 Å². The summed E-state index contributed by atoms with van der Waals surface area (Å²) in [4.78, 5) is 0. The number of unbranched alkanes of at least 4 members (excludes halogenated alkanes) is 2. The summed E-state index contributed by atoms with van der Waals surface area (Å²) in [7, 11) is 0. The zero-order chi connectivity index (χ0) is 7.82. The van der Waals surface area contributed by atoms with Crippen LogP contribution < -0.4 is 0 Å². The highest BCUT2D eigenvalue weighted by Gasteiger charge is 1.92. The number of rotatable bonds is 6. The van der Waals surface area contributed by atoms with Crippen molar-refractivity contribution in [1.29, 1.82) is 0 Å². The van der Waals surface area contributed by atoms with E-state index < -0.39 is 0 Å². The fourth-order valence-electron chi connectivity index (χ4n) is 0.781. The van der Waals surface area contributed by atoms with E-state index in [0.29, 0.717) is 0 Å². The first kappa shape index (κ1) is 10.5. The second-order valence-electron chi connectivity index (χ2n) is 2.64. The first-order valence-corrected chi connectivity index (χ1v) is 6.95. The van der Waals surface area contributed by atoms with Gasteiger partial charge in [-0.05, 0) is 25.2 Å². The molecule has 0 N–H and O–H groups in total. The van der Waals surface area contributed by atoms with Gasteiger partial charge in [0.2, 0.25) is 0 Å². The van der Waals surface area contributed by atoms with Crippen molar-refractivity contribution in [3.05, 3.63) is 0 Å². The van der Waals surface area contributed by atoms with Crippen LogP contribution >= 0.6 is 6.70 Å². The van der Waals surface area contributed by atoms with Gasteiger partial charge in [0, 0.05) is 0 Å². The SMILES string of the molecule is CCCC[P](=S)CCCC. The van der Waals surface area contributed by atoms with Gasteiger partial charge in [0.15, 0.2) is 0 Å². The lowest BCUT2D eigenvalue weighted by molar-refractivity contribution is 0.873. The molecule has 1 radical (unpaired) electrons. The Bertz CT molecular complexity index is 81.3. The molecule has 0 heterocycles. The van der Waals surface area contributed by atoms with Crippen molar-refractivity contribution in [2.24, 2.45) is 0 Å². The minimum atomic E-state index is -0.00900. The van der Waals surface area contributed by atoms with Crippen LogP contribution in [0.1, 0.15) is 39.5 Å². The third-order valence-corrected chi connectivity index (χ3v) is 4.25. The first-order valence-electron chi connectivity index (χ1n) is 4.23. The standard InChI is InChI=1S/C8H18PS/c1-3-5-7-9(10)8-6-4-2/h3-8H2,1-2H3. The fourth-order valence-corrected chi connectivity index (χ4v) is 3.12. The predicted molar refractivity (Wildman–Crippen MR) is 53.8 cm³/mol. The van der Waals surface area contributed by atoms with E-state index in [2.05, 4.69) is 13.8 Å². The van der Waals surface area contributed by atoms with Gasteiger partial charge in [0.25, 0.3) is 0 Å². The van der Waals surface area contributed by atoms with Gasteiger partial charge in [-0.1, -0.05) is 45.2 Å². The normalized spacial score (nSPS) is 9.80. The van der Waals surface area contributed by atoms with Crippen molar-refractivity contribution in [2.75, 3.05) is 12.3 Å².